The third-order valence-corrected chi connectivity index (χ3v) is 4.96. The molecule has 0 spiro atoms. The summed E-state index contributed by atoms with van der Waals surface area (Å²) >= 11 is 1.58. The molecule has 138 valence electrons. The van der Waals surface area contributed by atoms with Gasteiger partial charge in [0.15, 0.2) is 11.6 Å². The van der Waals surface area contributed by atoms with Crippen LogP contribution < -0.4 is 10.5 Å². The van der Waals surface area contributed by atoms with Crippen LogP contribution in [-0.2, 0) is 13.0 Å². The number of ether oxygens (including phenoxy) is 1. The summed E-state index contributed by atoms with van der Waals surface area (Å²) in [5.41, 5.74) is 10.6. The van der Waals surface area contributed by atoms with Crippen molar-refractivity contribution in [2.24, 2.45) is 0 Å². The lowest BCUT2D eigenvalue weighted by molar-refractivity contribution is 0.309. The van der Waals surface area contributed by atoms with Crippen molar-refractivity contribution in [1.82, 2.24) is 19.9 Å². The number of hydrogen-bond acceptors (Lipinski definition) is 7. The number of pyridine rings is 1. The van der Waals surface area contributed by atoms with Gasteiger partial charge in [0.2, 0.25) is 0 Å². The highest BCUT2D eigenvalue weighted by molar-refractivity contribution is 7.13. The Kier molecular flexibility index (Phi) is 5.83. The van der Waals surface area contributed by atoms with E-state index in [1.807, 2.05) is 24.3 Å². The topological polar surface area (TPSA) is 86.8 Å². The van der Waals surface area contributed by atoms with Crippen molar-refractivity contribution in [3.8, 4) is 16.3 Å². The van der Waals surface area contributed by atoms with Gasteiger partial charge in [0.1, 0.15) is 11.6 Å². The van der Waals surface area contributed by atoms with E-state index in [2.05, 4.69) is 32.2 Å². The summed E-state index contributed by atoms with van der Waals surface area (Å²) in [6, 6.07) is 7.73. The van der Waals surface area contributed by atoms with Crippen LogP contribution in [0.3, 0.4) is 0 Å². The summed E-state index contributed by atoms with van der Waals surface area (Å²) < 4.78 is 6.07. The number of hydrogen-bond donors (Lipinski definition) is 1. The summed E-state index contributed by atoms with van der Waals surface area (Å²) in [6.07, 6.45) is 5.92. The minimum absolute atomic E-state index is 0. The molecule has 0 unspecified atom stereocenters. The third kappa shape index (κ3) is 3.84. The molecule has 27 heavy (non-hydrogen) atoms. The van der Waals surface area contributed by atoms with Crippen molar-refractivity contribution in [3.63, 3.8) is 0 Å². The van der Waals surface area contributed by atoms with E-state index < -0.39 is 0 Å². The number of thiazole rings is 1. The molecule has 6 nitrogen and oxygen atoms in total. The van der Waals surface area contributed by atoms with Gasteiger partial charge in [-0.15, -0.1) is 23.7 Å². The lowest BCUT2D eigenvalue weighted by atomic mass is 10.2. The first-order chi connectivity index (χ1) is 12.8. The van der Waals surface area contributed by atoms with Gasteiger partial charge in [-0.2, -0.15) is 0 Å². The van der Waals surface area contributed by atoms with E-state index in [1.165, 1.54) is 0 Å². The number of rotatable bonds is 5. The molecular formula is C19H18ClN5OS. The highest BCUT2D eigenvalue weighted by atomic mass is 35.5. The smallest absolute Gasteiger partial charge is 0.172 e. The molecule has 0 fully saturated rings. The number of aromatic nitrogens is 4. The number of anilines is 1. The van der Waals surface area contributed by atoms with E-state index >= 15 is 0 Å². The Hall–Kier alpha value is -2.77. The number of fused-ring (bicyclic) bond motifs is 1. The van der Waals surface area contributed by atoms with E-state index in [9.17, 15) is 0 Å². The summed E-state index contributed by atoms with van der Waals surface area (Å²) in [5, 5.41) is 2.93. The van der Waals surface area contributed by atoms with Gasteiger partial charge in [-0.25, -0.2) is 9.97 Å². The number of nitrogens with two attached hydrogens (primary N) is 1. The minimum atomic E-state index is 0. The van der Waals surface area contributed by atoms with E-state index in [0.29, 0.717) is 18.2 Å². The van der Waals surface area contributed by atoms with Crippen molar-refractivity contribution >= 4 is 40.6 Å². The van der Waals surface area contributed by atoms with Crippen molar-refractivity contribution in [2.75, 3.05) is 5.73 Å². The lowest BCUT2D eigenvalue weighted by Gasteiger charge is -2.12. The van der Waals surface area contributed by atoms with Crippen molar-refractivity contribution in [2.45, 2.75) is 20.0 Å². The molecule has 0 saturated heterocycles. The van der Waals surface area contributed by atoms with Crippen molar-refractivity contribution < 1.29 is 4.74 Å². The number of halogens is 1. The molecule has 3 heterocycles. The Morgan fingerprint density at radius 1 is 1.07 bits per heavy atom. The highest BCUT2D eigenvalue weighted by Crippen LogP contribution is 2.36. The number of aryl methyl sites for hydroxylation is 1. The highest BCUT2D eigenvalue weighted by Gasteiger charge is 2.15. The number of nitrogen functional groups attached to an aromatic ring is 1. The van der Waals surface area contributed by atoms with E-state index in [1.54, 1.807) is 29.9 Å². The molecule has 4 rings (SSSR count). The summed E-state index contributed by atoms with van der Waals surface area (Å²) in [5.74, 6) is 0.896. The van der Waals surface area contributed by atoms with E-state index in [-0.39, 0.29) is 12.4 Å². The molecule has 2 N–H and O–H groups in total. The van der Waals surface area contributed by atoms with Gasteiger partial charge < -0.3 is 10.5 Å². The molecular weight excluding hydrogens is 382 g/mol. The molecule has 0 aliphatic heterocycles. The van der Waals surface area contributed by atoms with Crippen LogP contribution in [-0.4, -0.2) is 19.9 Å². The SMILES string of the molecule is CCc1csc(-c2ccnc(N)c2OCc2cccc3nccnc23)n1.Cl. The normalized spacial score (nSPS) is 10.6. The predicted octanol–water partition coefficient (Wildman–Crippen LogP) is 4.29. The zero-order valence-electron chi connectivity index (χ0n) is 14.6. The molecule has 4 aromatic rings. The zero-order valence-corrected chi connectivity index (χ0v) is 16.3. The molecule has 0 amide bonds. The number of para-hydroxylation sites is 1. The molecule has 0 bridgehead atoms. The van der Waals surface area contributed by atoms with Crippen LogP contribution in [0.2, 0.25) is 0 Å². The first kappa shape index (κ1) is 19.0. The Bertz CT molecular complexity index is 1060. The molecule has 0 atom stereocenters. The van der Waals surface area contributed by atoms with Crippen LogP contribution in [0.5, 0.6) is 5.75 Å². The Labute approximate surface area is 166 Å². The molecule has 0 aliphatic rings. The fourth-order valence-electron chi connectivity index (χ4n) is 2.70. The monoisotopic (exact) mass is 399 g/mol. The summed E-state index contributed by atoms with van der Waals surface area (Å²) in [4.78, 5) is 17.5. The maximum atomic E-state index is 6.09. The first-order valence-electron chi connectivity index (χ1n) is 8.27. The molecule has 0 saturated carbocycles. The fourth-order valence-corrected chi connectivity index (χ4v) is 3.62. The van der Waals surface area contributed by atoms with Crippen molar-refractivity contribution in [1.29, 1.82) is 0 Å². The summed E-state index contributed by atoms with van der Waals surface area (Å²) in [7, 11) is 0. The van der Waals surface area contributed by atoms with Gasteiger partial charge >= 0.3 is 0 Å². The van der Waals surface area contributed by atoms with Crippen LogP contribution in [0.15, 0.2) is 48.2 Å². The largest absolute Gasteiger partial charge is 0.484 e. The van der Waals surface area contributed by atoms with Gasteiger partial charge in [0.25, 0.3) is 0 Å². The summed E-state index contributed by atoms with van der Waals surface area (Å²) in [6.45, 7) is 2.41. The van der Waals surface area contributed by atoms with Crippen LogP contribution in [0.25, 0.3) is 21.6 Å². The minimum Gasteiger partial charge on any atom is -0.484 e. The van der Waals surface area contributed by atoms with Crippen LogP contribution in [0.1, 0.15) is 18.2 Å². The second-order valence-corrected chi connectivity index (χ2v) is 6.56. The van der Waals surface area contributed by atoms with Gasteiger partial charge in [0, 0.05) is 29.5 Å². The standard InChI is InChI=1S/C19H17N5OS.ClH/c1-2-13-11-26-19(24-13)14-6-7-23-18(20)17(14)25-10-12-4-3-5-15-16(12)22-9-8-21-15;/h3-9,11H,2,10H2,1H3,(H2,20,23);1H. The van der Waals surface area contributed by atoms with Crippen LogP contribution >= 0.6 is 23.7 Å². The van der Waals surface area contributed by atoms with E-state index in [0.717, 1.165) is 39.3 Å². The Morgan fingerprint density at radius 2 is 1.93 bits per heavy atom. The average molecular weight is 400 g/mol. The molecule has 0 aliphatic carbocycles. The fraction of sp³-hybridized carbons (Fsp3) is 0.158. The third-order valence-electron chi connectivity index (χ3n) is 4.03. The maximum Gasteiger partial charge on any atom is 0.172 e. The molecule has 0 radical (unpaired) electrons. The van der Waals surface area contributed by atoms with Gasteiger partial charge in [-0.05, 0) is 18.6 Å². The lowest BCUT2D eigenvalue weighted by Crippen LogP contribution is -2.03. The zero-order chi connectivity index (χ0) is 17.9. The average Bonchev–Trinajstić information content (AvgIpc) is 3.16. The van der Waals surface area contributed by atoms with Gasteiger partial charge in [-0.1, -0.05) is 19.1 Å². The molecule has 8 heteroatoms. The predicted molar refractivity (Wildman–Crippen MR) is 110 cm³/mol. The van der Waals surface area contributed by atoms with Gasteiger partial charge in [0.05, 0.1) is 22.3 Å². The van der Waals surface area contributed by atoms with Crippen LogP contribution in [0, 0.1) is 0 Å². The molecule has 1 aromatic carbocycles. The van der Waals surface area contributed by atoms with Crippen LogP contribution in [0.4, 0.5) is 5.82 Å². The van der Waals surface area contributed by atoms with Gasteiger partial charge in [-0.3, -0.25) is 9.97 Å². The van der Waals surface area contributed by atoms with E-state index in [4.69, 9.17) is 10.5 Å². The van der Waals surface area contributed by atoms with Crippen molar-refractivity contribution in [3.05, 3.63) is 59.5 Å². The Morgan fingerprint density at radius 3 is 2.74 bits per heavy atom. The second kappa shape index (κ2) is 8.28. The quantitative estimate of drug-likeness (QED) is 0.538. The first-order valence-corrected chi connectivity index (χ1v) is 9.15. The Balaban J connectivity index is 0.00000210. The number of nitrogens with zero attached hydrogens (tertiary/aromatic N) is 4. The number of benzene rings is 1. The maximum absolute atomic E-state index is 6.09. The second-order valence-electron chi connectivity index (χ2n) is 5.70. The molecule has 3 aromatic heterocycles.